The van der Waals surface area contributed by atoms with Gasteiger partial charge in [0.25, 0.3) is 5.91 Å². The van der Waals surface area contributed by atoms with Crippen molar-refractivity contribution < 1.29 is 9.59 Å². The summed E-state index contributed by atoms with van der Waals surface area (Å²) in [5.41, 5.74) is 0. The van der Waals surface area contributed by atoms with Gasteiger partial charge in [-0.25, -0.2) is 4.98 Å². The lowest BCUT2D eigenvalue weighted by Crippen LogP contribution is -2.41. The van der Waals surface area contributed by atoms with E-state index in [9.17, 15) is 9.59 Å². The third-order valence-electron chi connectivity index (χ3n) is 4.76. The molecular formula is C17H26N4O2S. The van der Waals surface area contributed by atoms with Crippen molar-refractivity contribution in [1.82, 2.24) is 19.7 Å². The highest BCUT2D eigenvalue weighted by atomic mass is 32.1. The molecule has 0 aliphatic carbocycles. The quantitative estimate of drug-likeness (QED) is 0.825. The van der Waals surface area contributed by atoms with Crippen LogP contribution >= 0.6 is 11.3 Å². The maximum atomic E-state index is 12.6. The van der Waals surface area contributed by atoms with Gasteiger partial charge in [-0.2, -0.15) is 0 Å². The molecule has 0 atom stereocenters. The van der Waals surface area contributed by atoms with E-state index in [1.807, 2.05) is 16.7 Å². The molecule has 2 fully saturated rings. The maximum absolute atomic E-state index is 12.6. The van der Waals surface area contributed by atoms with Crippen LogP contribution in [0.2, 0.25) is 0 Å². The standard InChI is InChI=1S/C17H26N4O2S/c1-2-15-18-12-14(24-15)17(23)21-9-5-6-19(10-11-21)13-16(22)20-7-3-4-8-20/h12H,2-11,13H2,1H3. The Kier molecular flexibility index (Phi) is 5.84. The van der Waals surface area contributed by atoms with Gasteiger partial charge in [0.15, 0.2) is 0 Å². The lowest BCUT2D eigenvalue weighted by Gasteiger charge is -2.23. The second-order valence-electron chi connectivity index (χ2n) is 6.48. The molecule has 2 saturated heterocycles. The summed E-state index contributed by atoms with van der Waals surface area (Å²) in [6.07, 6.45) is 5.74. The Morgan fingerprint density at radius 1 is 1.04 bits per heavy atom. The molecule has 7 heteroatoms. The number of hydrogen-bond acceptors (Lipinski definition) is 5. The predicted octanol–water partition coefficient (Wildman–Crippen LogP) is 1.48. The summed E-state index contributed by atoms with van der Waals surface area (Å²) in [5, 5.41) is 1.01. The average Bonchev–Trinajstić information content (AvgIpc) is 3.23. The fourth-order valence-corrected chi connectivity index (χ4v) is 4.14. The summed E-state index contributed by atoms with van der Waals surface area (Å²) >= 11 is 1.49. The summed E-state index contributed by atoms with van der Waals surface area (Å²) in [4.78, 5) is 36.0. The number of hydrogen-bond donors (Lipinski definition) is 0. The van der Waals surface area contributed by atoms with Crippen molar-refractivity contribution in [2.24, 2.45) is 0 Å². The normalized spacial score (nSPS) is 19.5. The van der Waals surface area contributed by atoms with Crippen LogP contribution in [-0.2, 0) is 11.2 Å². The van der Waals surface area contributed by atoms with Gasteiger partial charge in [0.1, 0.15) is 4.88 Å². The van der Waals surface area contributed by atoms with E-state index in [2.05, 4.69) is 9.88 Å². The Bertz CT molecular complexity index is 583. The molecule has 0 N–H and O–H groups in total. The van der Waals surface area contributed by atoms with E-state index in [0.717, 1.165) is 68.3 Å². The van der Waals surface area contributed by atoms with Crippen molar-refractivity contribution in [2.45, 2.75) is 32.6 Å². The summed E-state index contributed by atoms with van der Waals surface area (Å²) in [5.74, 6) is 0.322. The van der Waals surface area contributed by atoms with Crippen LogP contribution in [0.5, 0.6) is 0 Å². The second-order valence-corrected chi connectivity index (χ2v) is 7.60. The monoisotopic (exact) mass is 350 g/mol. The first kappa shape index (κ1) is 17.4. The van der Waals surface area contributed by atoms with Gasteiger partial charge >= 0.3 is 0 Å². The van der Waals surface area contributed by atoms with Crippen LogP contribution in [0.4, 0.5) is 0 Å². The van der Waals surface area contributed by atoms with Gasteiger partial charge < -0.3 is 9.80 Å². The van der Waals surface area contributed by atoms with E-state index in [-0.39, 0.29) is 11.8 Å². The van der Waals surface area contributed by atoms with Crippen LogP contribution < -0.4 is 0 Å². The third-order valence-corrected chi connectivity index (χ3v) is 5.89. The highest BCUT2D eigenvalue weighted by molar-refractivity contribution is 7.13. The minimum atomic E-state index is 0.0833. The topological polar surface area (TPSA) is 56.8 Å². The van der Waals surface area contributed by atoms with Crippen molar-refractivity contribution in [3.63, 3.8) is 0 Å². The molecule has 2 aliphatic rings. The van der Waals surface area contributed by atoms with Gasteiger partial charge in [0, 0.05) is 39.3 Å². The maximum Gasteiger partial charge on any atom is 0.265 e. The van der Waals surface area contributed by atoms with Crippen LogP contribution in [0.25, 0.3) is 0 Å². The number of amides is 2. The molecule has 0 aromatic carbocycles. The number of carbonyl (C=O) groups excluding carboxylic acids is 2. The van der Waals surface area contributed by atoms with E-state index in [1.165, 1.54) is 11.3 Å². The first-order valence-electron chi connectivity index (χ1n) is 8.91. The average molecular weight is 350 g/mol. The molecule has 1 aromatic heterocycles. The van der Waals surface area contributed by atoms with Crippen LogP contribution in [0.15, 0.2) is 6.20 Å². The molecule has 132 valence electrons. The summed E-state index contributed by atoms with van der Waals surface area (Å²) in [7, 11) is 0. The highest BCUT2D eigenvalue weighted by Crippen LogP contribution is 2.17. The van der Waals surface area contributed by atoms with Crippen molar-refractivity contribution in [3.05, 3.63) is 16.1 Å². The molecule has 24 heavy (non-hydrogen) atoms. The zero-order valence-electron chi connectivity index (χ0n) is 14.4. The number of aromatic nitrogens is 1. The molecule has 3 heterocycles. The Morgan fingerprint density at radius 3 is 2.50 bits per heavy atom. The second kappa shape index (κ2) is 8.07. The minimum absolute atomic E-state index is 0.0833. The summed E-state index contributed by atoms with van der Waals surface area (Å²) < 4.78 is 0. The minimum Gasteiger partial charge on any atom is -0.342 e. The van der Waals surface area contributed by atoms with E-state index in [1.54, 1.807) is 6.20 Å². The summed E-state index contributed by atoms with van der Waals surface area (Å²) in [6.45, 7) is 7.44. The molecule has 0 saturated carbocycles. The SMILES string of the molecule is CCc1ncc(C(=O)N2CCCN(CC(=O)N3CCCC3)CC2)s1. The van der Waals surface area contributed by atoms with Gasteiger partial charge in [-0.05, 0) is 25.7 Å². The number of likely N-dealkylation sites (tertiary alicyclic amines) is 1. The molecule has 0 unspecified atom stereocenters. The number of carbonyl (C=O) groups is 2. The Labute approximate surface area is 147 Å². The van der Waals surface area contributed by atoms with Crippen molar-refractivity contribution in [2.75, 3.05) is 45.8 Å². The van der Waals surface area contributed by atoms with Crippen LogP contribution in [0.1, 0.15) is 40.9 Å². The zero-order chi connectivity index (χ0) is 16.9. The van der Waals surface area contributed by atoms with Crippen molar-refractivity contribution in [1.29, 1.82) is 0 Å². The van der Waals surface area contributed by atoms with Crippen LogP contribution in [0, 0.1) is 0 Å². The molecule has 3 rings (SSSR count). The van der Waals surface area contributed by atoms with Gasteiger partial charge in [0.2, 0.25) is 5.91 Å². The molecule has 2 aliphatic heterocycles. The van der Waals surface area contributed by atoms with Crippen LogP contribution in [-0.4, -0.2) is 77.3 Å². The van der Waals surface area contributed by atoms with E-state index < -0.39 is 0 Å². The smallest absolute Gasteiger partial charge is 0.265 e. The molecular weight excluding hydrogens is 324 g/mol. The highest BCUT2D eigenvalue weighted by Gasteiger charge is 2.25. The van der Waals surface area contributed by atoms with Gasteiger partial charge in [0.05, 0.1) is 17.7 Å². The largest absolute Gasteiger partial charge is 0.342 e. The van der Waals surface area contributed by atoms with E-state index >= 15 is 0 Å². The number of thiazole rings is 1. The number of nitrogens with zero attached hydrogens (tertiary/aromatic N) is 4. The fourth-order valence-electron chi connectivity index (χ4n) is 3.32. The van der Waals surface area contributed by atoms with E-state index in [0.29, 0.717) is 13.1 Å². The van der Waals surface area contributed by atoms with Gasteiger partial charge in [-0.3, -0.25) is 14.5 Å². The molecule has 6 nitrogen and oxygen atoms in total. The molecule has 2 amide bonds. The third kappa shape index (κ3) is 4.13. The molecule has 1 aromatic rings. The first-order chi connectivity index (χ1) is 11.7. The van der Waals surface area contributed by atoms with E-state index in [4.69, 9.17) is 0 Å². The lowest BCUT2D eigenvalue weighted by molar-refractivity contribution is -0.131. The summed E-state index contributed by atoms with van der Waals surface area (Å²) in [6, 6.07) is 0. The van der Waals surface area contributed by atoms with Crippen molar-refractivity contribution in [3.8, 4) is 0 Å². The number of rotatable bonds is 4. The molecule has 0 spiro atoms. The van der Waals surface area contributed by atoms with Gasteiger partial charge in [-0.1, -0.05) is 6.92 Å². The lowest BCUT2D eigenvalue weighted by atomic mass is 10.3. The Balaban J connectivity index is 1.52. The molecule has 0 radical (unpaired) electrons. The predicted molar refractivity (Wildman–Crippen MR) is 94.3 cm³/mol. The van der Waals surface area contributed by atoms with Crippen LogP contribution in [0.3, 0.4) is 0 Å². The molecule has 0 bridgehead atoms. The first-order valence-corrected chi connectivity index (χ1v) is 9.73. The Morgan fingerprint density at radius 2 is 1.79 bits per heavy atom. The van der Waals surface area contributed by atoms with Crippen molar-refractivity contribution >= 4 is 23.2 Å². The zero-order valence-corrected chi connectivity index (χ0v) is 15.2. The number of aryl methyl sites for hydroxylation is 1. The van der Waals surface area contributed by atoms with Gasteiger partial charge in [-0.15, -0.1) is 11.3 Å². The fraction of sp³-hybridized carbons (Fsp3) is 0.706. The Hall–Kier alpha value is -1.47.